The van der Waals surface area contributed by atoms with E-state index < -0.39 is 0 Å². The van der Waals surface area contributed by atoms with Gasteiger partial charge in [-0.2, -0.15) is 0 Å². The first-order chi connectivity index (χ1) is 11.2. The van der Waals surface area contributed by atoms with E-state index in [2.05, 4.69) is 10.3 Å². The van der Waals surface area contributed by atoms with E-state index in [1.165, 1.54) is 6.07 Å². The first-order valence-electron chi connectivity index (χ1n) is 7.06. The molecule has 0 saturated heterocycles. The summed E-state index contributed by atoms with van der Waals surface area (Å²) in [5.74, 6) is -0.582. The van der Waals surface area contributed by atoms with Gasteiger partial charge in [0.25, 0.3) is 5.91 Å². The van der Waals surface area contributed by atoms with Crippen molar-refractivity contribution in [2.75, 3.05) is 5.32 Å². The quantitative estimate of drug-likeness (QED) is 0.574. The zero-order chi connectivity index (χ0) is 15.8. The maximum absolute atomic E-state index is 13.7. The Bertz CT molecular complexity index is 1040. The number of benzene rings is 3. The van der Waals surface area contributed by atoms with E-state index in [0.29, 0.717) is 20.9 Å². The number of nitrogens with one attached hydrogen (secondary N) is 1. The molecule has 4 aromatic rings. The van der Waals surface area contributed by atoms with Crippen LogP contribution < -0.4 is 5.32 Å². The van der Waals surface area contributed by atoms with Crippen LogP contribution in [-0.2, 0) is 0 Å². The van der Waals surface area contributed by atoms with Gasteiger partial charge >= 0.3 is 0 Å². The smallest absolute Gasteiger partial charge is 0.257 e. The lowest BCUT2D eigenvalue weighted by molar-refractivity contribution is 0.102. The summed E-state index contributed by atoms with van der Waals surface area (Å²) in [5, 5.41) is 5.20. The molecule has 1 aromatic heterocycles. The number of halogens is 1. The molecule has 112 valence electrons. The number of hydrogen-bond donors (Lipinski definition) is 1. The summed E-state index contributed by atoms with van der Waals surface area (Å²) in [4.78, 5) is 16.6. The number of aromatic nitrogens is 1. The van der Waals surface area contributed by atoms with Crippen molar-refractivity contribution in [1.82, 2.24) is 4.98 Å². The number of amides is 1. The first-order valence-corrected chi connectivity index (χ1v) is 7.87. The monoisotopic (exact) mass is 322 g/mol. The van der Waals surface area contributed by atoms with E-state index in [1.807, 2.05) is 36.4 Å². The fourth-order valence-corrected chi connectivity index (χ4v) is 3.33. The second kappa shape index (κ2) is 5.44. The van der Waals surface area contributed by atoms with Crippen molar-refractivity contribution < 1.29 is 9.18 Å². The zero-order valence-corrected chi connectivity index (χ0v) is 12.7. The highest BCUT2D eigenvalue weighted by Gasteiger charge is 2.12. The molecule has 3 nitrogen and oxygen atoms in total. The minimum Gasteiger partial charge on any atom is -0.298 e. The number of nitrogens with zero attached hydrogens (tertiary/aromatic N) is 1. The Morgan fingerprint density at radius 3 is 2.65 bits per heavy atom. The van der Waals surface area contributed by atoms with Crippen molar-refractivity contribution in [3.63, 3.8) is 0 Å². The van der Waals surface area contributed by atoms with Crippen LogP contribution in [0.4, 0.5) is 9.52 Å². The predicted octanol–water partition coefficient (Wildman–Crippen LogP) is 4.84. The van der Waals surface area contributed by atoms with Crippen molar-refractivity contribution >= 4 is 43.4 Å². The van der Waals surface area contributed by atoms with Crippen molar-refractivity contribution in [2.45, 2.75) is 0 Å². The number of anilines is 1. The summed E-state index contributed by atoms with van der Waals surface area (Å²) in [7, 11) is 0. The summed E-state index contributed by atoms with van der Waals surface area (Å²) < 4.78 is 14.1. The van der Waals surface area contributed by atoms with E-state index >= 15 is 0 Å². The third-order valence-electron chi connectivity index (χ3n) is 3.60. The first kappa shape index (κ1) is 13.8. The van der Waals surface area contributed by atoms with Crippen LogP contribution in [-0.4, -0.2) is 10.9 Å². The molecule has 0 aliphatic carbocycles. The molecule has 0 saturated carbocycles. The van der Waals surface area contributed by atoms with Gasteiger partial charge in [0.1, 0.15) is 5.82 Å². The van der Waals surface area contributed by atoms with Crippen molar-refractivity contribution in [3.05, 3.63) is 72.0 Å². The van der Waals surface area contributed by atoms with Crippen molar-refractivity contribution in [2.24, 2.45) is 0 Å². The average molecular weight is 322 g/mol. The normalized spacial score (nSPS) is 11.0. The topological polar surface area (TPSA) is 42.0 Å². The van der Waals surface area contributed by atoms with Gasteiger partial charge in [-0.05, 0) is 35.0 Å². The van der Waals surface area contributed by atoms with E-state index in [4.69, 9.17) is 0 Å². The van der Waals surface area contributed by atoms with Gasteiger partial charge in [-0.3, -0.25) is 10.1 Å². The molecule has 23 heavy (non-hydrogen) atoms. The molecular formula is C18H11FN2OS. The highest BCUT2D eigenvalue weighted by Crippen LogP contribution is 2.28. The van der Waals surface area contributed by atoms with Gasteiger partial charge in [0, 0.05) is 5.56 Å². The Hall–Kier alpha value is -2.79. The SMILES string of the molecule is O=C(Nc1nc2cccc(F)c2s1)c1ccc2ccccc2c1. The van der Waals surface area contributed by atoms with Crippen LogP contribution in [0, 0.1) is 5.82 Å². The predicted molar refractivity (Wildman–Crippen MR) is 91.5 cm³/mol. The molecule has 0 unspecified atom stereocenters. The molecule has 0 aliphatic rings. The number of hydrogen-bond acceptors (Lipinski definition) is 3. The molecule has 0 radical (unpaired) electrons. The number of fused-ring (bicyclic) bond motifs is 2. The van der Waals surface area contributed by atoms with Crippen LogP contribution >= 0.6 is 11.3 Å². The second-order valence-electron chi connectivity index (χ2n) is 5.12. The number of rotatable bonds is 2. The van der Waals surface area contributed by atoms with Crippen LogP contribution in [0.2, 0.25) is 0 Å². The molecule has 0 atom stereocenters. The highest BCUT2D eigenvalue weighted by molar-refractivity contribution is 7.22. The van der Waals surface area contributed by atoms with E-state index in [0.717, 1.165) is 22.1 Å². The standard InChI is InChI=1S/C18H11FN2OS/c19-14-6-3-7-15-16(14)23-18(20-15)21-17(22)13-9-8-11-4-1-2-5-12(11)10-13/h1-10H,(H,20,21,22). The van der Waals surface area contributed by atoms with Gasteiger partial charge in [-0.15, -0.1) is 0 Å². The Kier molecular flexibility index (Phi) is 3.28. The Labute approximate surface area is 135 Å². The lowest BCUT2D eigenvalue weighted by Gasteiger charge is -2.03. The van der Waals surface area contributed by atoms with Gasteiger partial charge in [-0.1, -0.05) is 47.7 Å². The second-order valence-corrected chi connectivity index (χ2v) is 6.12. The molecule has 5 heteroatoms. The average Bonchev–Trinajstić information content (AvgIpc) is 2.98. The molecule has 0 fully saturated rings. The molecule has 3 aromatic carbocycles. The molecule has 0 aliphatic heterocycles. The maximum Gasteiger partial charge on any atom is 0.257 e. The Morgan fingerprint density at radius 2 is 1.83 bits per heavy atom. The van der Waals surface area contributed by atoms with Gasteiger partial charge in [0.2, 0.25) is 0 Å². The molecule has 1 N–H and O–H groups in total. The highest BCUT2D eigenvalue weighted by atomic mass is 32.1. The molecule has 4 rings (SSSR count). The number of carbonyl (C=O) groups is 1. The Balaban J connectivity index is 1.66. The summed E-state index contributed by atoms with van der Waals surface area (Å²) in [6.07, 6.45) is 0. The lowest BCUT2D eigenvalue weighted by atomic mass is 10.1. The van der Waals surface area contributed by atoms with Gasteiger partial charge in [-0.25, -0.2) is 9.37 Å². The molecule has 0 spiro atoms. The van der Waals surface area contributed by atoms with Crippen molar-refractivity contribution in [3.8, 4) is 0 Å². The lowest BCUT2D eigenvalue weighted by Crippen LogP contribution is -2.11. The third kappa shape index (κ3) is 2.55. The Morgan fingerprint density at radius 1 is 1.00 bits per heavy atom. The molecule has 0 bridgehead atoms. The van der Waals surface area contributed by atoms with E-state index in [1.54, 1.807) is 18.2 Å². The minimum absolute atomic E-state index is 0.254. The van der Waals surface area contributed by atoms with Crippen LogP contribution in [0.1, 0.15) is 10.4 Å². The molecule has 1 heterocycles. The van der Waals surface area contributed by atoms with Gasteiger partial charge in [0.15, 0.2) is 5.13 Å². The van der Waals surface area contributed by atoms with Crippen LogP contribution in [0.3, 0.4) is 0 Å². The third-order valence-corrected chi connectivity index (χ3v) is 4.59. The van der Waals surface area contributed by atoms with Gasteiger partial charge < -0.3 is 0 Å². The van der Waals surface area contributed by atoms with Crippen molar-refractivity contribution in [1.29, 1.82) is 0 Å². The minimum atomic E-state index is -0.328. The molecular weight excluding hydrogens is 311 g/mol. The van der Waals surface area contributed by atoms with E-state index in [9.17, 15) is 9.18 Å². The number of thiazole rings is 1. The fraction of sp³-hybridized carbons (Fsp3) is 0. The van der Waals surface area contributed by atoms with Gasteiger partial charge in [0.05, 0.1) is 10.2 Å². The summed E-state index contributed by atoms with van der Waals surface area (Å²) in [6, 6.07) is 18.1. The number of carbonyl (C=O) groups excluding carboxylic acids is 1. The van der Waals surface area contributed by atoms with Crippen LogP contribution in [0.15, 0.2) is 60.7 Å². The zero-order valence-electron chi connectivity index (χ0n) is 11.9. The summed E-state index contributed by atoms with van der Waals surface area (Å²) >= 11 is 1.13. The largest absolute Gasteiger partial charge is 0.298 e. The fourth-order valence-electron chi connectivity index (χ4n) is 2.47. The molecule has 1 amide bonds. The maximum atomic E-state index is 13.7. The summed E-state index contributed by atoms with van der Waals surface area (Å²) in [5.41, 5.74) is 1.09. The van der Waals surface area contributed by atoms with Crippen LogP contribution in [0.25, 0.3) is 21.0 Å². The summed E-state index contributed by atoms with van der Waals surface area (Å²) in [6.45, 7) is 0. The van der Waals surface area contributed by atoms with E-state index in [-0.39, 0.29) is 11.7 Å². The van der Waals surface area contributed by atoms with Crippen LogP contribution in [0.5, 0.6) is 0 Å².